The summed E-state index contributed by atoms with van der Waals surface area (Å²) in [6, 6.07) is 20.5. The maximum absolute atomic E-state index is 13.7. The van der Waals surface area contributed by atoms with Crippen LogP contribution in [-0.2, 0) is 19.6 Å². The van der Waals surface area contributed by atoms with Gasteiger partial charge in [-0.3, -0.25) is 4.68 Å². The molecule has 33 heavy (non-hydrogen) atoms. The molecule has 166 valence electrons. The zero-order chi connectivity index (χ0) is 22.6. The zero-order valence-electron chi connectivity index (χ0n) is 18.3. The van der Waals surface area contributed by atoms with Gasteiger partial charge in [0.15, 0.2) is 5.76 Å². The monoisotopic (exact) mass is 441 g/mol. The van der Waals surface area contributed by atoms with Crippen molar-refractivity contribution in [3.05, 3.63) is 114 Å². The maximum atomic E-state index is 13.7. The first-order valence-corrected chi connectivity index (χ1v) is 10.8. The number of rotatable bonds is 8. The van der Waals surface area contributed by atoms with Crippen LogP contribution < -0.4 is 5.32 Å². The molecule has 0 radical (unpaired) electrons. The van der Waals surface area contributed by atoms with Crippen LogP contribution in [0.25, 0.3) is 17.1 Å². The lowest BCUT2D eigenvalue weighted by Gasteiger charge is -2.03. The number of halogens is 1. The van der Waals surface area contributed by atoms with Gasteiger partial charge in [-0.25, -0.2) is 9.07 Å². The molecular weight excluding hydrogens is 417 g/mol. The van der Waals surface area contributed by atoms with E-state index in [2.05, 4.69) is 27.6 Å². The predicted molar refractivity (Wildman–Crippen MR) is 124 cm³/mol. The normalized spacial score (nSPS) is 11.2. The number of furan rings is 1. The first-order valence-electron chi connectivity index (χ1n) is 10.8. The van der Waals surface area contributed by atoms with E-state index in [1.807, 2.05) is 66.6 Å². The Morgan fingerprint density at radius 1 is 0.939 bits per heavy atom. The molecule has 1 N–H and O–H groups in total. The maximum Gasteiger partial charge on any atom is 0.154 e. The average molecular weight is 442 g/mol. The summed E-state index contributed by atoms with van der Waals surface area (Å²) in [5, 5.41) is 12.6. The summed E-state index contributed by atoms with van der Waals surface area (Å²) in [7, 11) is 0. The van der Waals surface area contributed by atoms with Crippen LogP contribution in [0.15, 0.2) is 89.7 Å². The second-order valence-corrected chi connectivity index (χ2v) is 7.97. The summed E-state index contributed by atoms with van der Waals surface area (Å²) in [6.45, 7) is 3.88. The van der Waals surface area contributed by atoms with Gasteiger partial charge in [-0.15, -0.1) is 0 Å². The van der Waals surface area contributed by atoms with Crippen LogP contribution in [0.4, 0.5) is 4.39 Å². The Labute approximate surface area is 191 Å². The number of aryl methyl sites for hydroxylation is 1. The number of benzene rings is 2. The molecule has 0 aliphatic heterocycles. The van der Waals surface area contributed by atoms with Crippen molar-refractivity contribution in [1.82, 2.24) is 24.9 Å². The fraction of sp³-hybridized carbons (Fsp3) is 0.154. The SMILES string of the molecule is Cc1ccc(-c2nn(-c3cccc(F)c3)cc2CNCc2cnn(Cc3ccccc3)c2)o1. The Balaban J connectivity index is 1.31. The van der Waals surface area contributed by atoms with E-state index in [4.69, 9.17) is 4.42 Å². The molecule has 2 aromatic carbocycles. The molecule has 0 saturated heterocycles. The molecular formula is C26H24FN5O. The van der Waals surface area contributed by atoms with Crippen LogP contribution >= 0.6 is 0 Å². The number of nitrogens with one attached hydrogen (secondary N) is 1. The van der Waals surface area contributed by atoms with Gasteiger partial charge in [0, 0.05) is 36.6 Å². The second-order valence-electron chi connectivity index (χ2n) is 7.97. The summed E-state index contributed by atoms with van der Waals surface area (Å²) >= 11 is 0. The molecule has 0 aliphatic rings. The highest BCUT2D eigenvalue weighted by Crippen LogP contribution is 2.26. The van der Waals surface area contributed by atoms with E-state index in [9.17, 15) is 4.39 Å². The van der Waals surface area contributed by atoms with Crippen molar-refractivity contribution in [2.75, 3.05) is 0 Å². The van der Waals surface area contributed by atoms with Crippen LogP contribution in [0.3, 0.4) is 0 Å². The van der Waals surface area contributed by atoms with Crippen molar-refractivity contribution in [3.63, 3.8) is 0 Å². The Hall–Kier alpha value is -3.97. The summed E-state index contributed by atoms with van der Waals surface area (Å²) in [4.78, 5) is 0. The molecule has 3 heterocycles. The molecule has 5 aromatic rings. The number of hydrogen-bond donors (Lipinski definition) is 1. The lowest BCUT2D eigenvalue weighted by Crippen LogP contribution is -2.12. The number of nitrogens with zero attached hydrogens (tertiary/aromatic N) is 4. The topological polar surface area (TPSA) is 60.8 Å². The van der Waals surface area contributed by atoms with Crippen LogP contribution in [-0.4, -0.2) is 19.6 Å². The lowest BCUT2D eigenvalue weighted by atomic mass is 10.2. The van der Waals surface area contributed by atoms with Crippen molar-refractivity contribution < 1.29 is 8.81 Å². The van der Waals surface area contributed by atoms with E-state index in [0.717, 1.165) is 29.1 Å². The fourth-order valence-corrected chi connectivity index (χ4v) is 3.76. The average Bonchev–Trinajstić information content (AvgIpc) is 3.55. The molecule has 6 nitrogen and oxygen atoms in total. The van der Waals surface area contributed by atoms with Gasteiger partial charge < -0.3 is 9.73 Å². The van der Waals surface area contributed by atoms with Crippen molar-refractivity contribution in [2.45, 2.75) is 26.6 Å². The Morgan fingerprint density at radius 3 is 2.61 bits per heavy atom. The van der Waals surface area contributed by atoms with Gasteiger partial charge in [0.2, 0.25) is 0 Å². The van der Waals surface area contributed by atoms with Crippen LogP contribution in [0, 0.1) is 12.7 Å². The summed E-state index contributed by atoms with van der Waals surface area (Å²) in [5.41, 5.74) is 4.67. The Morgan fingerprint density at radius 2 is 1.82 bits per heavy atom. The molecule has 0 fully saturated rings. The number of hydrogen-bond acceptors (Lipinski definition) is 4. The Bertz CT molecular complexity index is 1350. The third-order valence-corrected chi connectivity index (χ3v) is 5.36. The minimum Gasteiger partial charge on any atom is -0.460 e. The highest BCUT2D eigenvalue weighted by molar-refractivity contribution is 5.58. The highest BCUT2D eigenvalue weighted by Gasteiger charge is 2.15. The van der Waals surface area contributed by atoms with E-state index in [-0.39, 0.29) is 5.82 Å². The van der Waals surface area contributed by atoms with Gasteiger partial charge in [-0.05, 0) is 42.8 Å². The van der Waals surface area contributed by atoms with E-state index >= 15 is 0 Å². The first-order chi connectivity index (χ1) is 16.1. The van der Waals surface area contributed by atoms with Gasteiger partial charge in [0.25, 0.3) is 0 Å². The van der Waals surface area contributed by atoms with Gasteiger partial charge >= 0.3 is 0 Å². The molecule has 0 spiro atoms. The van der Waals surface area contributed by atoms with Gasteiger partial charge in [-0.1, -0.05) is 36.4 Å². The van der Waals surface area contributed by atoms with E-state index in [1.165, 1.54) is 17.7 Å². The standard InChI is InChI=1S/C26H24FN5O/c1-19-10-11-25(33-19)26-22(18-32(30-26)24-9-5-8-23(27)12-24)15-28-13-21-14-29-31(17-21)16-20-6-3-2-4-7-20/h2-12,14,17-18,28H,13,15-16H2,1H3. The molecule has 0 amide bonds. The first kappa shape index (κ1) is 20.9. The third-order valence-electron chi connectivity index (χ3n) is 5.36. The van der Waals surface area contributed by atoms with E-state index in [1.54, 1.807) is 10.7 Å². The van der Waals surface area contributed by atoms with Crippen molar-refractivity contribution in [2.24, 2.45) is 0 Å². The molecule has 3 aromatic heterocycles. The summed E-state index contributed by atoms with van der Waals surface area (Å²) in [5.74, 6) is 1.20. The number of aromatic nitrogens is 4. The van der Waals surface area contributed by atoms with E-state index < -0.39 is 0 Å². The lowest BCUT2D eigenvalue weighted by molar-refractivity contribution is 0.544. The molecule has 0 unspecified atom stereocenters. The van der Waals surface area contributed by atoms with Gasteiger partial charge in [0.05, 0.1) is 18.4 Å². The molecule has 0 aliphatic carbocycles. The second kappa shape index (κ2) is 9.26. The minimum absolute atomic E-state index is 0.300. The molecule has 0 bridgehead atoms. The zero-order valence-corrected chi connectivity index (χ0v) is 18.3. The third kappa shape index (κ3) is 4.94. The molecule has 7 heteroatoms. The van der Waals surface area contributed by atoms with Crippen molar-refractivity contribution in [1.29, 1.82) is 0 Å². The van der Waals surface area contributed by atoms with Gasteiger partial charge in [0.1, 0.15) is 17.3 Å². The smallest absolute Gasteiger partial charge is 0.154 e. The van der Waals surface area contributed by atoms with E-state index in [0.29, 0.717) is 24.5 Å². The fourth-order valence-electron chi connectivity index (χ4n) is 3.76. The van der Waals surface area contributed by atoms with Gasteiger partial charge in [-0.2, -0.15) is 10.2 Å². The molecule has 0 atom stereocenters. The van der Waals surface area contributed by atoms with Crippen LogP contribution in [0.1, 0.15) is 22.5 Å². The van der Waals surface area contributed by atoms with Crippen molar-refractivity contribution in [3.8, 4) is 17.1 Å². The Kier molecular flexibility index (Phi) is 5.87. The predicted octanol–water partition coefficient (Wildman–Crippen LogP) is 5.11. The minimum atomic E-state index is -0.300. The van der Waals surface area contributed by atoms with Crippen molar-refractivity contribution >= 4 is 0 Å². The summed E-state index contributed by atoms with van der Waals surface area (Å²) < 4.78 is 23.2. The largest absolute Gasteiger partial charge is 0.460 e. The van der Waals surface area contributed by atoms with Crippen LogP contribution in [0.5, 0.6) is 0 Å². The van der Waals surface area contributed by atoms with Crippen LogP contribution in [0.2, 0.25) is 0 Å². The summed E-state index contributed by atoms with van der Waals surface area (Å²) in [6.07, 6.45) is 5.84. The quantitative estimate of drug-likeness (QED) is 0.363. The highest BCUT2D eigenvalue weighted by atomic mass is 19.1. The molecule has 5 rings (SSSR count). The molecule has 0 saturated carbocycles.